The van der Waals surface area contributed by atoms with Crippen LogP contribution in [0.4, 0.5) is 5.69 Å². The first-order valence-electron chi connectivity index (χ1n) is 7.86. The van der Waals surface area contributed by atoms with Crippen molar-refractivity contribution in [3.63, 3.8) is 0 Å². The molecule has 4 aromatic rings. The molecule has 1 heterocycles. The van der Waals surface area contributed by atoms with Crippen LogP contribution in [0.2, 0.25) is 0 Å². The smallest absolute Gasteiger partial charge is 0.255 e. The van der Waals surface area contributed by atoms with Gasteiger partial charge in [0.25, 0.3) is 5.91 Å². The Kier molecular flexibility index (Phi) is 3.70. The molecule has 3 aromatic carbocycles. The van der Waals surface area contributed by atoms with Crippen molar-refractivity contribution in [2.45, 2.75) is 6.92 Å². The number of carbonyl (C=O) groups is 1. The van der Waals surface area contributed by atoms with E-state index < -0.39 is 0 Å². The lowest BCUT2D eigenvalue weighted by Crippen LogP contribution is -2.12. The van der Waals surface area contributed by atoms with Crippen LogP contribution in [0.5, 0.6) is 0 Å². The molecule has 0 atom stereocenters. The predicted molar refractivity (Wildman–Crippen MR) is 95.8 cm³/mol. The second-order valence-electron chi connectivity index (χ2n) is 5.70. The van der Waals surface area contributed by atoms with Crippen LogP contribution in [0.1, 0.15) is 16.2 Å². The summed E-state index contributed by atoms with van der Waals surface area (Å²) in [7, 11) is 0. The molecule has 1 amide bonds. The number of tetrazole rings is 1. The quantitative estimate of drug-likeness (QED) is 0.625. The second kappa shape index (κ2) is 6.16. The van der Waals surface area contributed by atoms with Gasteiger partial charge in [0.15, 0.2) is 5.82 Å². The Bertz CT molecular complexity index is 1070. The molecule has 6 nitrogen and oxygen atoms in total. The van der Waals surface area contributed by atoms with Crippen LogP contribution in [0, 0.1) is 6.92 Å². The van der Waals surface area contributed by atoms with E-state index in [0.29, 0.717) is 17.1 Å². The molecule has 0 saturated heterocycles. The summed E-state index contributed by atoms with van der Waals surface area (Å²) in [5, 5.41) is 16.5. The zero-order valence-corrected chi connectivity index (χ0v) is 13.5. The van der Waals surface area contributed by atoms with Crippen molar-refractivity contribution in [2.24, 2.45) is 0 Å². The highest BCUT2D eigenvalue weighted by Gasteiger charge is 2.09. The van der Waals surface area contributed by atoms with Crippen molar-refractivity contribution in [1.82, 2.24) is 20.2 Å². The number of nitrogens with one attached hydrogen (secondary N) is 1. The van der Waals surface area contributed by atoms with Crippen LogP contribution in [0.15, 0.2) is 66.7 Å². The highest BCUT2D eigenvalue weighted by molar-refractivity contribution is 6.06. The van der Waals surface area contributed by atoms with Gasteiger partial charge in [-0.25, -0.2) is 0 Å². The molecule has 6 heteroatoms. The van der Waals surface area contributed by atoms with Crippen LogP contribution >= 0.6 is 0 Å². The van der Waals surface area contributed by atoms with Gasteiger partial charge in [0.05, 0.1) is 5.69 Å². The molecule has 0 aliphatic carbocycles. The first-order valence-corrected chi connectivity index (χ1v) is 7.86. The van der Waals surface area contributed by atoms with Crippen LogP contribution in [0.3, 0.4) is 0 Å². The minimum atomic E-state index is -0.156. The molecule has 122 valence electrons. The number of anilines is 1. The predicted octanol–water partition coefficient (Wildman–Crippen LogP) is 3.38. The Labute approximate surface area is 144 Å². The number of fused-ring (bicyclic) bond motifs is 1. The number of carbonyl (C=O) groups excluding carboxylic acids is 1. The van der Waals surface area contributed by atoms with E-state index in [-0.39, 0.29) is 5.91 Å². The molecule has 0 aliphatic rings. The third-order valence-corrected chi connectivity index (χ3v) is 3.99. The maximum Gasteiger partial charge on any atom is 0.255 e. The van der Waals surface area contributed by atoms with Crippen LogP contribution in [-0.2, 0) is 0 Å². The summed E-state index contributed by atoms with van der Waals surface area (Å²) >= 11 is 0. The van der Waals surface area contributed by atoms with E-state index in [9.17, 15) is 4.79 Å². The summed E-state index contributed by atoms with van der Waals surface area (Å²) in [5.41, 5.74) is 2.09. The number of amides is 1. The number of aromatic nitrogens is 4. The summed E-state index contributed by atoms with van der Waals surface area (Å²) < 4.78 is 1.62. The molecular weight excluding hydrogens is 314 g/mol. The zero-order valence-electron chi connectivity index (χ0n) is 13.5. The Morgan fingerprint density at radius 2 is 1.80 bits per heavy atom. The third-order valence-electron chi connectivity index (χ3n) is 3.99. The molecule has 1 aromatic heterocycles. The topological polar surface area (TPSA) is 72.7 Å². The van der Waals surface area contributed by atoms with Crippen molar-refractivity contribution in [3.05, 3.63) is 78.1 Å². The summed E-state index contributed by atoms with van der Waals surface area (Å²) in [6.45, 7) is 1.82. The number of rotatable bonds is 3. The van der Waals surface area contributed by atoms with E-state index in [1.165, 1.54) is 0 Å². The van der Waals surface area contributed by atoms with Crippen LogP contribution < -0.4 is 5.32 Å². The molecule has 1 N–H and O–H groups in total. The molecule has 4 rings (SSSR count). The SMILES string of the molecule is Cc1nnnn1-c1cccc(NC(=O)c2ccc3ccccc3c2)c1. The van der Waals surface area contributed by atoms with Gasteiger partial charge in [-0.15, -0.1) is 5.10 Å². The summed E-state index contributed by atoms with van der Waals surface area (Å²) in [6.07, 6.45) is 0. The lowest BCUT2D eigenvalue weighted by atomic mass is 10.1. The number of aryl methyl sites for hydroxylation is 1. The van der Waals surface area contributed by atoms with Crippen molar-refractivity contribution in [2.75, 3.05) is 5.32 Å². The Balaban J connectivity index is 1.61. The normalized spacial score (nSPS) is 10.8. The van der Waals surface area contributed by atoms with Gasteiger partial charge in [-0.05, 0) is 58.5 Å². The molecule has 0 spiro atoms. The van der Waals surface area contributed by atoms with E-state index in [2.05, 4.69) is 20.8 Å². The number of hydrogen-bond acceptors (Lipinski definition) is 4. The van der Waals surface area contributed by atoms with Gasteiger partial charge in [-0.2, -0.15) is 4.68 Å². The Hall–Kier alpha value is -3.54. The van der Waals surface area contributed by atoms with E-state index in [4.69, 9.17) is 0 Å². The number of hydrogen-bond donors (Lipinski definition) is 1. The maximum atomic E-state index is 12.6. The van der Waals surface area contributed by atoms with Gasteiger partial charge in [0, 0.05) is 11.3 Å². The van der Waals surface area contributed by atoms with Gasteiger partial charge in [-0.1, -0.05) is 36.4 Å². The van der Waals surface area contributed by atoms with E-state index in [1.807, 2.05) is 73.7 Å². The minimum Gasteiger partial charge on any atom is -0.322 e. The fourth-order valence-electron chi connectivity index (χ4n) is 2.72. The minimum absolute atomic E-state index is 0.156. The summed E-state index contributed by atoms with van der Waals surface area (Å²) in [5.74, 6) is 0.523. The summed E-state index contributed by atoms with van der Waals surface area (Å²) in [4.78, 5) is 12.6. The van der Waals surface area contributed by atoms with Gasteiger partial charge in [-0.3, -0.25) is 4.79 Å². The maximum absolute atomic E-state index is 12.6. The van der Waals surface area contributed by atoms with E-state index in [0.717, 1.165) is 16.5 Å². The van der Waals surface area contributed by atoms with Crippen molar-refractivity contribution in [1.29, 1.82) is 0 Å². The lowest BCUT2D eigenvalue weighted by molar-refractivity contribution is 0.102. The molecule has 0 bridgehead atoms. The Morgan fingerprint density at radius 1 is 0.960 bits per heavy atom. The molecule has 0 fully saturated rings. The molecule has 0 radical (unpaired) electrons. The standard InChI is InChI=1S/C19H15N5O/c1-13-21-22-23-24(13)18-8-4-7-17(12-18)20-19(25)16-10-9-14-5-2-3-6-15(14)11-16/h2-12H,1H3,(H,20,25). The zero-order chi connectivity index (χ0) is 17.2. The highest BCUT2D eigenvalue weighted by atomic mass is 16.1. The monoisotopic (exact) mass is 329 g/mol. The molecular formula is C19H15N5O. The third kappa shape index (κ3) is 2.97. The Morgan fingerprint density at radius 3 is 2.60 bits per heavy atom. The van der Waals surface area contributed by atoms with Gasteiger partial charge in [0.2, 0.25) is 0 Å². The largest absolute Gasteiger partial charge is 0.322 e. The lowest BCUT2D eigenvalue weighted by Gasteiger charge is -2.08. The van der Waals surface area contributed by atoms with Crippen molar-refractivity contribution in [3.8, 4) is 5.69 Å². The van der Waals surface area contributed by atoms with Gasteiger partial charge in [0.1, 0.15) is 0 Å². The fourth-order valence-corrected chi connectivity index (χ4v) is 2.72. The van der Waals surface area contributed by atoms with E-state index >= 15 is 0 Å². The molecule has 0 saturated carbocycles. The van der Waals surface area contributed by atoms with Crippen molar-refractivity contribution < 1.29 is 4.79 Å². The van der Waals surface area contributed by atoms with Crippen LogP contribution in [-0.4, -0.2) is 26.1 Å². The van der Waals surface area contributed by atoms with Crippen LogP contribution in [0.25, 0.3) is 16.5 Å². The van der Waals surface area contributed by atoms with Gasteiger partial charge >= 0.3 is 0 Å². The van der Waals surface area contributed by atoms with Crippen molar-refractivity contribution >= 4 is 22.4 Å². The summed E-state index contributed by atoms with van der Waals surface area (Å²) in [6, 6.07) is 21.0. The van der Waals surface area contributed by atoms with Gasteiger partial charge < -0.3 is 5.32 Å². The second-order valence-corrected chi connectivity index (χ2v) is 5.70. The average molecular weight is 329 g/mol. The average Bonchev–Trinajstić information content (AvgIpc) is 3.07. The van der Waals surface area contributed by atoms with E-state index in [1.54, 1.807) is 4.68 Å². The number of benzene rings is 3. The fraction of sp³-hybridized carbons (Fsp3) is 0.0526. The highest BCUT2D eigenvalue weighted by Crippen LogP contribution is 2.18. The first kappa shape index (κ1) is 15.0. The number of nitrogens with zero attached hydrogens (tertiary/aromatic N) is 4. The first-order chi connectivity index (χ1) is 12.2. The molecule has 0 unspecified atom stereocenters. The molecule has 0 aliphatic heterocycles. The molecule has 25 heavy (non-hydrogen) atoms.